The maximum absolute atomic E-state index is 12.2. The molecule has 2 amide bonds. The summed E-state index contributed by atoms with van der Waals surface area (Å²) in [6.45, 7) is 2.63. The van der Waals surface area contributed by atoms with E-state index in [1.165, 1.54) is 0 Å². The number of benzene rings is 2. The molecule has 1 aromatic heterocycles. The second-order valence-corrected chi connectivity index (χ2v) is 6.68. The number of aryl methyl sites for hydroxylation is 1. The first-order chi connectivity index (χ1) is 13.1. The monoisotopic (exact) mass is 427 g/mol. The summed E-state index contributed by atoms with van der Waals surface area (Å²) >= 11 is 3.32. The van der Waals surface area contributed by atoms with Crippen molar-refractivity contribution < 1.29 is 9.59 Å². The first-order valence-electron chi connectivity index (χ1n) is 8.38. The van der Waals surface area contributed by atoms with E-state index in [-0.39, 0.29) is 18.4 Å². The zero-order chi connectivity index (χ0) is 19.2. The molecule has 0 atom stereocenters. The molecule has 0 fully saturated rings. The lowest BCUT2D eigenvalue weighted by Crippen LogP contribution is -2.32. The summed E-state index contributed by atoms with van der Waals surface area (Å²) in [4.78, 5) is 24.3. The molecule has 3 aromatic rings. The van der Waals surface area contributed by atoms with Gasteiger partial charge < -0.3 is 15.2 Å². The molecule has 0 saturated heterocycles. The molecule has 8 heteroatoms. The van der Waals surface area contributed by atoms with Crippen LogP contribution in [0.5, 0.6) is 0 Å². The van der Waals surface area contributed by atoms with E-state index in [9.17, 15) is 9.59 Å². The number of hydrogen-bond acceptors (Lipinski definition) is 4. The van der Waals surface area contributed by atoms with Gasteiger partial charge in [-0.2, -0.15) is 0 Å². The van der Waals surface area contributed by atoms with E-state index < -0.39 is 0 Å². The third kappa shape index (κ3) is 4.79. The first kappa shape index (κ1) is 18.8. The predicted molar refractivity (Wildman–Crippen MR) is 106 cm³/mol. The smallest absolute Gasteiger partial charge is 0.251 e. The number of carbonyl (C=O) groups excluding carboxylic acids is 2. The van der Waals surface area contributed by atoms with Crippen LogP contribution in [0.15, 0.2) is 59.3 Å². The summed E-state index contributed by atoms with van der Waals surface area (Å²) in [5.41, 5.74) is 1.96. The number of nitrogens with zero attached hydrogens (tertiary/aromatic N) is 3. The number of amides is 2. The zero-order valence-corrected chi connectivity index (χ0v) is 16.2. The minimum absolute atomic E-state index is 0.124. The average Bonchev–Trinajstić information content (AvgIpc) is 3.15. The van der Waals surface area contributed by atoms with E-state index in [4.69, 9.17) is 0 Å². The molecule has 0 aliphatic carbocycles. The Kier molecular flexibility index (Phi) is 5.97. The lowest BCUT2D eigenvalue weighted by Gasteiger charge is -2.09. The van der Waals surface area contributed by atoms with E-state index in [1.807, 2.05) is 35.8 Å². The normalized spacial score (nSPS) is 10.4. The Morgan fingerprint density at radius 2 is 1.96 bits per heavy atom. The highest BCUT2D eigenvalue weighted by molar-refractivity contribution is 9.10. The molecule has 0 aliphatic heterocycles. The molecule has 0 radical (unpaired) electrons. The predicted octanol–water partition coefficient (Wildman–Crippen LogP) is 3.10. The van der Waals surface area contributed by atoms with Crippen molar-refractivity contribution in [1.82, 2.24) is 20.1 Å². The quantitative estimate of drug-likeness (QED) is 0.632. The molecule has 7 nitrogen and oxygen atoms in total. The van der Waals surface area contributed by atoms with Gasteiger partial charge in [-0.3, -0.25) is 9.59 Å². The van der Waals surface area contributed by atoms with Crippen molar-refractivity contribution in [2.45, 2.75) is 13.5 Å². The molecule has 27 heavy (non-hydrogen) atoms. The van der Waals surface area contributed by atoms with E-state index in [2.05, 4.69) is 36.8 Å². The minimum Gasteiger partial charge on any atom is -0.343 e. The molecule has 2 aromatic carbocycles. The maximum atomic E-state index is 12.2. The van der Waals surface area contributed by atoms with Crippen LogP contribution in [0.1, 0.15) is 17.3 Å². The van der Waals surface area contributed by atoms with Crippen LogP contribution < -0.4 is 10.6 Å². The van der Waals surface area contributed by atoms with E-state index in [1.54, 1.807) is 30.6 Å². The fraction of sp³-hybridized carbons (Fsp3) is 0.158. The van der Waals surface area contributed by atoms with E-state index >= 15 is 0 Å². The van der Waals surface area contributed by atoms with Crippen LogP contribution in [0.4, 0.5) is 5.69 Å². The summed E-state index contributed by atoms with van der Waals surface area (Å²) < 4.78 is 2.72. The molecule has 0 aliphatic rings. The Bertz CT molecular complexity index is 970. The Morgan fingerprint density at radius 1 is 1.15 bits per heavy atom. The van der Waals surface area contributed by atoms with Gasteiger partial charge in [-0.05, 0) is 37.3 Å². The Morgan fingerprint density at radius 3 is 2.74 bits per heavy atom. The Labute approximate surface area is 164 Å². The average molecular weight is 428 g/mol. The summed E-state index contributed by atoms with van der Waals surface area (Å²) in [5, 5.41) is 13.4. The van der Waals surface area contributed by atoms with Gasteiger partial charge in [-0.1, -0.05) is 34.1 Å². The van der Waals surface area contributed by atoms with Gasteiger partial charge in [0, 0.05) is 27.8 Å². The van der Waals surface area contributed by atoms with Gasteiger partial charge in [-0.25, -0.2) is 0 Å². The van der Waals surface area contributed by atoms with E-state index in [0.29, 0.717) is 11.3 Å². The van der Waals surface area contributed by atoms with Crippen LogP contribution in [0.25, 0.3) is 11.4 Å². The van der Waals surface area contributed by atoms with Crippen molar-refractivity contribution in [1.29, 1.82) is 0 Å². The molecule has 138 valence electrons. The van der Waals surface area contributed by atoms with Crippen molar-refractivity contribution in [3.8, 4) is 11.4 Å². The largest absolute Gasteiger partial charge is 0.343 e. The number of rotatable bonds is 6. The van der Waals surface area contributed by atoms with E-state index in [0.717, 1.165) is 22.4 Å². The van der Waals surface area contributed by atoms with Crippen LogP contribution in [-0.2, 0) is 11.3 Å². The molecule has 0 saturated carbocycles. The second kappa shape index (κ2) is 8.59. The summed E-state index contributed by atoms with van der Waals surface area (Å²) in [7, 11) is 0. The zero-order valence-electron chi connectivity index (χ0n) is 14.6. The van der Waals surface area contributed by atoms with Gasteiger partial charge in [0.15, 0.2) is 5.82 Å². The molecular formula is C19H18BrN5O2. The number of hydrogen-bond donors (Lipinski definition) is 2. The highest BCUT2D eigenvalue weighted by Crippen LogP contribution is 2.20. The number of anilines is 1. The van der Waals surface area contributed by atoms with Crippen molar-refractivity contribution in [3.05, 3.63) is 64.9 Å². The van der Waals surface area contributed by atoms with Crippen LogP contribution in [0, 0.1) is 0 Å². The summed E-state index contributed by atoms with van der Waals surface area (Å²) in [6, 6.07) is 14.3. The SMILES string of the molecule is CCn1cnnc1-c1cccc(NC(=O)CNC(=O)c2cccc(Br)c2)c1. The summed E-state index contributed by atoms with van der Waals surface area (Å²) in [5.74, 6) is 0.111. The lowest BCUT2D eigenvalue weighted by molar-refractivity contribution is -0.115. The third-order valence-corrected chi connectivity index (χ3v) is 4.35. The molecule has 0 bridgehead atoms. The number of halogens is 1. The van der Waals surface area contributed by atoms with Crippen molar-refractivity contribution in [2.24, 2.45) is 0 Å². The summed E-state index contributed by atoms with van der Waals surface area (Å²) in [6.07, 6.45) is 1.66. The highest BCUT2D eigenvalue weighted by Gasteiger charge is 2.10. The van der Waals surface area contributed by atoms with Gasteiger partial charge in [-0.15, -0.1) is 10.2 Å². The Balaban J connectivity index is 1.61. The van der Waals surface area contributed by atoms with Crippen LogP contribution in [0.2, 0.25) is 0 Å². The van der Waals surface area contributed by atoms with Gasteiger partial charge in [0.25, 0.3) is 5.91 Å². The molecule has 0 unspecified atom stereocenters. The van der Waals surface area contributed by atoms with Gasteiger partial charge in [0.05, 0.1) is 6.54 Å². The molecule has 0 spiro atoms. The molecule has 3 rings (SSSR count). The van der Waals surface area contributed by atoms with Crippen LogP contribution >= 0.6 is 15.9 Å². The highest BCUT2D eigenvalue weighted by atomic mass is 79.9. The minimum atomic E-state index is -0.313. The topological polar surface area (TPSA) is 88.9 Å². The fourth-order valence-corrected chi connectivity index (χ4v) is 2.94. The molecule has 2 N–H and O–H groups in total. The van der Waals surface area contributed by atoms with Gasteiger partial charge in [0.2, 0.25) is 5.91 Å². The van der Waals surface area contributed by atoms with Gasteiger partial charge >= 0.3 is 0 Å². The first-order valence-corrected chi connectivity index (χ1v) is 9.18. The number of nitrogens with one attached hydrogen (secondary N) is 2. The van der Waals surface area contributed by atoms with Gasteiger partial charge in [0.1, 0.15) is 6.33 Å². The fourth-order valence-electron chi connectivity index (χ4n) is 2.54. The third-order valence-electron chi connectivity index (χ3n) is 3.86. The van der Waals surface area contributed by atoms with Crippen molar-refractivity contribution in [2.75, 3.05) is 11.9 Å². The molecule has 1 heterocycles. The molecular weight excluding hydrogens is 410 g/mol. The second-order valence-electron chi connectivity index (χ2n) is 5.76. The van der Waals surface area contributed by atoms with Crippen molar-refractivity contribution >= 4 is 33.4 Å². The Hall–Kier alpha value is -3.00. The van der Waals surface area contributed by atoms with Crippen molar-refractivity contribution in [3.63, 3.8) is 0 Å². The van der Waals surface area contributed by atoms with Crippen LogP contribution in [0.3, 0.4) is 0 Å². The van der Waals surface area contributed by atoms with Crippen LogP contribution in [-0.4, -0.2) is 33.1 Å². The standard InChI is InChI=1S/C19H18BrN5O2/c1-2-25-12-22-24-18(25)13-5-4-8-16(10-13)23-17(26)11-21-19(27)14-6-3-7-15(20)9-14/h3-10,12H,2,11H2,1H3,(H,21,27)(H,23,26). The lowest BCUT2D eigenvalue weighted by atomic mass is 10.2. The number of carbonyl (C=O) groups is 2. The maximum Gasteiger partial charge on any atom is 0.251 e. The number of aromatic nitrogens is 3.